The summed E-state index contributed by atoms with van der Waals surface area (Å²) in [4.78, 5) is 12.2. The zero-order valence-electron chi connectivity index (χ0n) is 10.7. The second-order valence-corrected chi connectivity index (χ2v) is 5.68. The predicted octanol–water partition coefficient (Wildman–Crippen LogP) is 2.38. The SMILES string of the molecule is N/C(=N/O)C1(NC(=O)c2cccc(Br)c2F)CCCC1. The van der Waals surface area contributed by atoms with Crippen molar-refractivity contribution in [2.45, 2.75) is 31.2 Å². The summed E-state index contributed by atoms with van der Waals surface area (Å²) in [5.41, 5.74) is 4.73. The van der Waals surface area contributed by atoms with Crippen molar-refractivity contribution in [3.05, 3.63) is 34.1 Å². The molecule has 0 saturated heterocycles. The van der Waals surface area contributed by atoms with Crippen molar-refractivity contribution < 1.29 is 14.4 Å². The Balaban J connectivity index is 2.28. The normalized spacial score (nSPS) is 18.0. The molecule has 0 atom stereocenters. The van der Waals surface area contributed by atoms with Crippen LogP contribution in [0.15, 0.2) is 27.8 Å². The number of hydrogen-bond acceptors (Lipinski definition) is 3. The lowest BCUT2D eigenvalue weighted by Gasteiger charge is -2.28. The van der Waals surface area contributed by atoms with E-state index in [1.54, 1.807) is 6.07 Å². The van der Waals surface area contributed by atoms with E-state index in [-0.39, 0.29) is 15.9 Å². The number of carbonyl (C=O) groups excluding carboxylic acids is 1. The van der Waals surface area contributed by atoms with Crippen molar-refractivity contribution in [1.29, 1.82) is 0 Å². The highest BCUT2D eigenvalue weighted by atomic mass is 79.9. The molecule has 1 aliphatic carbocycles. The van der Waals surface area contributed by atoms with E-state index in [2.05, 4.69) is 26.4 Å². The van der Waals surface area contributed by atoms with Crippen molar-refractivity contribution in [1.82, 2.24) is 5.32 Å². The molecule has 0 bridgehead atoms. The molecule has 0 unspecified atom stereocenters. The molecular formula is C13H15BrFN3O2. The minimum atomic E-state index is -0.888. The number of hydrogen-bond donors (Lipinski definition) is 3. The summed E-state index contributed by atoms with van der Waals surface area (Å²) in [5, 5.41) is 14.6. The number of oxime groups is 1. The largest absolute Gasteiger partial charge is 0.409 e. The molecule has 0 aliphatic heterocycles. The van der Waals surface area contributed by atoms with Gasteiger partial charge < -0.3 is 16.3 Å². The molecule has 7 heteroatoms. The number of carbonyl (C=O) groups is 1. The Morgan fingerprint density at radius 1 is 1.45 bits per heavy atom. The summed E-state index contributed by atoms with van der Waals surface area (Å²) in [7, 11) is 0. The number of benzene rings is 1. The van der Waals surface area contributed by atoms with Crippen LogP contribution < -0.4 is 11.1 Å². The Morgan fingerprint density at radius 3 is 2.70 bits per heavy atom. The predicted molar refractivity (Wildman–Crippen MR) is 76.2 cm³/mol. The van der Waals surface area contributed by atoms with Crippen LogP contribution in [0.1, 0.15) is 36.0 Å². The summed E-state index contributed by atoms with van der Waals surface area (Å²) in [6.07, 6.45) is 2.86. The van der Waals surface area contributed by atoms with Crippen LogP contribution in [0, 0.1) is 5.82 Å². The van der Waals surface area contributed by atoms with Gasteiger partial charge in [-0.1, -0.05) is 24.1 Å². The fourth-order valence-corrected chi connectivity index (χ4v) is 2.85. The zero-order valence-corrected chi connectivity index (χ0v) is 12.3. The van der Waals surface area contributed by atoms with Crippen LogP contribution in [-0.2, 0) is 0 Å². The molecule has 2 rings (SSSR count). The summed E-state index contributed by atoms with van der Waals surface area (Å²) in [6, 6.07) is 4.48. The Labute approximate surface area is 124 Å². The number of nitrogens with one attached hydrogen (secondary N) is 1. The van der Waals surface area contributed by atoms with Gasteiger partial charge in [0.05, 0.1) is 10.0 Å². The van der Waals surface area contributed by atoms with E-state index in [0.717, 1.165) is 12.8 Å². The molecule has 0 radical (unpaired) electrons. The van der Waals surface area contributed by atoms with Gasteiger partial charge in [-0.05, 0) is 40.9 Å². The van der Waals surface area contributed by atoms with Gasteiger partial charge in [0.25, 0.3) is 5.91 Å². The quantitative estimate of drug-likeness (QED) is 0.340. The molecule has 108 valence electrons. The topological polar surface area (TPSA) is 87.7 Å². The van der Waals surface area contributed by atoms with E-state index in [9.17, 15) is 9.18 Å². The van der Waals surface area contributed by atoms with Crippen molar-refractivity contribution in [3.8, 4) is 0 Å². The van der Waals surface area contributed by atoms with Gasteiger partial charge in [0.2, 0.25) is 0 Å². The number of nitrogens with zero attached hydrogens (tertiary/aromatic N) is 1. The van der Waals surface area contributed by atoms with Crippen LogP contribution in [0.2, 0.25) is 0 Å². The second kappa shape index (κ2) is 5.78. The summed E-state index contributed by atoms with van der Waals surface area (Å²) >= 11 is 3.04. The first kappa shape index (κ1) is 14.8. The number of rotatable bonds is 3. The van der Waals surface area contributed by atoms with E-state index < -0.39 is 17.3 Å². The average molecular weight is 344 g/mol. The number of nitrogens with two attached hydrogens (primary N) is 1. The number of amides is 1. The highest BCUT2D eigenvalue weighted by molar-refractivity contribution is 9.10. The highest BCUT2D eigenvalue weighted by Crippen LogP contribution is 2.30. The summed E-state index contributed by atoms with van der Waals surface area (Å²) in [6.45, 7) is 0. The first-order chi connectivity index (χ1) is 9.50. The van der Waals surface area contributed by atoms with Gasteiger partial charge in [0.15, 0.2) is 5.84 Å². The monoisotopic (exact) mass is 343 g/mol. The molecule has 0 aromatic heterocycles. The molecule has 1 aromatic carbocycles. The Bertz CT molecular complexity index is 557. The van der Waals surface area contributed by atoms with Gasteiger partial charge in [-0.2, -0.15) is 0 Å². The van der Waals surface area contributed by atoms with Gasteiger partial charge in [-0.15, -0.1) is 0 Å². The molecule has 5 nitrogen and oxygen atoms in total. The van der Waals surface area contributed by atoms with E-state index in [4.69, 9.17) is 10.9 Å². The van der Waals surface area contributed by atoms with Crippen LogP contribution in [-0.4, -0.2) is 22.5 Å². The number of halogens is 2. The van der Waals surface area contributed by atoms with Crippen LogP contribution in [0.4, 0.5) is 4.39 Å². The Hall–Kier alpha value is -1.63. The van der Waals surface area contributed by atoms with Crippen molar-refractivity contribution in [2.24, 2.45) is 10.9 Å². The average Bonchev–Trinajstić information content (AvgIpc) is 2.90. The molecule has 1 aliphatic rings. The van der Waals surface area contributed by atoms with Gasteiger partial charge >= 0.3 is 0 Å². The van der Waals surface area contributed by atoms with Crippen molar-refractivity contribution >= 4 is 27.7 Å². The molecular weight excluding hydrogens is 329 g/mol. The third-order valence-corrected chi connectivity index (χ3v) is 4.22. The van der Waals surface area contributed by atoms with Gasteiger partial charge in [-0.25, -0.2) is 4.39 Å². The van der Waals surface area contributed by atoms with Gasteiger partial charge in [0.1, 0.15) is 11.4 Å². The summed E-state index contributed by atoms with van der Waals surface area (Å²) in [5.74, 6) is -1.24. The molecule has 4 N–H and O–H groups in total. The lowest BCUT2D eigenvalue weighted by atomic mass is 9.95. The summed E-state index contributed by atoms with van der Waals surface area (Å²) < 4.78 is 14.1. The molecule has 0 spiro atoms. The smallest absolute Gasteiger partial charge is 0.255 e. The Morgan fingerprint density at radius 2 is 2.10 bits per heavy atom. The van der Waals surface area contributed by atoms with Crippen molar-refractivity contribution in [2.75, 3.05) is 0 Å². The number of amidine groups is 1. The van der Waals surface area contributed by atoms with E-state index in [1.165, 1.54) is 12.1 Å². The molecule has 1 aromatic rings. The standard InChI is InChI=1S/C13H15BrFN3O2/c14-9-5-3-4-8(10(9)15)11(19)17-13(12(16)18-20)6-1-2-7-13/h3-5,20H,1-2,6-7H2,(H2,16,18)(H,17,19). The fourth-order valence-electron chi connectivity index (χ4n) is 2.48. The third kappa shape index (κ3) is 2.63. The lowest BCUT2D eigenvalue weighted by molar-refractivity contribution is 0.0918. The zero-order chi connectivity index (χ0) is 14.8. The maximum Gasteiger partial charge on any atom is 0.255 e. The third-order valence-electron chi connectivity index (χ3n) is 3.60. The van der Waals surface area contributed by atoms with Gasteiger partial charge in [0, 0.05) is 0 Å². The molecule has 1 fully saturated rings. The van der Waals surface area contributed by atoms with Crippen LogP contribution >= 0.6 is 15.9 Å². The van der Waals surface area contributed by atoms with Gasteiger partial charge in [-0.3, -0.25) is 4.79 Å². The Kier molecular flexibility index (Phi) is 4.27. The minimum Gasteiger partial charge on any atom is -0.409 e. The molecule has 20 heavy (non-hydrogen) atoms. The first-order valence-electron chi connectivity index (χ1n) is 6.25. The van der Waals surface area contributed by atoms with Crippen LogP contribution in [0.5, 0.6) is 0 Å². The van der Waals surface area contributed by atoms with E-state index in [0.29, 0.717) is 12.8 Å². The first-order valence-corrected chi connectivity index (χ1v) is 7.04. The maximum atomic E-state index is 13.9. The van der Waals surface area contributed by atoms with Crippen molar-refractivity contribution in [3.63, 3.8) is 0 Å². The lowest BCUT2D eigenvalue weighted by Crippen LogP contribution is -2.55. The second-order valence-electron chi connectivity index (χ2n) is 4.83. The highest BCUT2D eigenvalue weighted by Gasteiger charge is 2.40. The van der Waals surface area contributed by atoms with E-state index >= 15 is 0 Å². The molecule has 1 saturated carbocycles. The molecule has 1 amide bonds. The van der Waals surface area contributed by atoms with Crippen LogP contribution in [0.25, 0.3) is 0 Å². The fraction of sp³-hybridized carbons (Fsp3) is 0.385. The minimum absolute atomic E-state index is 0.0428. The maximum absolute atomic E-state index is 13.9. The molecule has 0 heterocycles. The van der Waals surface area contributed by atoms with Crippen LogP contribution in [0.3, 0.4) is 0 Å². The van der Waals surface area contributed by atoms with E-state index in [1.807, 2.05) is 0 Å².